The summed E-state index contributed by atoms with van der Waals surface area (Å²) < 4.78 is 13.3. The highest BCUT2D eigenvalue weighted by Gasteiger charge is 2.13. The molecule has 4 nitrogen and oxygen atoms in total. The SMILES string of the molecule is Cc1cccc(NC(=O)CSc2nc(-c3ccc(F)cc3)nc3c(C)cccc23)c1. The van der Waals surface area contributed by atoms with Gasteiger partial charge in [-0.25, -0.2) is 14.4 Å². The highest BCUT2D eigenvalue weighted by atomic mass is 32.2. The van der Waals surface area contributed by atoms with Crippen LogP contribution in [0.4, 0.5) is 10.1 Å². The summed E-state index contributed by atoms with van der Waals surface area (Å²) in [7, 11) is 0. The van der Waals surface area contributed by atoms with Crippen LogP contribution in [0.1, 0.15) is 11.1 Å². The van der Waals surface area contributed by atoms with Gasteiger partial charge >= 0.3 is 0 Å². The Morgan fingerprint density at radius 3 is 2.53 bits per heavy atom. The summed E-state index contributed by atoms with van der Waals surface area (Å²) in [4.78, 5) is 21.9. The van der Waals surface area contributed by atoms with Gasteiger partial charge in [0.2, 0.25) is 5.91 Å². The van der Waals surface area contributed by atoms with Crippen LogP contribution in [-0.4, -0.2) is 21.6 Å². The molecule has 0 spiro atoms. The molecule has 0 aliphatic carbocycles. The smallest absolute Gasteiger partial charge is 0.234 e. The molecule has 3 aromatic carbocycles. The molecule has 0 saturated heterocycles. The van der Waals surface area contributed by atoms with E-state index in [0.717, 1.165) is 38.3 Å². The van der Waals surface area contributed by atoms with Crippen LogP contribution in [0.5, 0.6) is 0 Å². The number of thioether (sulfide) groups is 1. The summed E-state index contributed by atoms with van der Waals surface area (Å²) in [6, 6.07) is 19.7. The van der Waals surface area contributed by atoms with E-state index in [2.05, 4.69) is 10.3 Å². The Hall–Kier alpha value is -3.25. The molecule has 150 valence electrons. The highest BCUT2D eigenvalue weighted by Crippen LogP contribution is 2.30. The van der Waals surface area contributed by atoms with Crippen molar-refractivity contribution in [3.63, 3.8) is 0 Å². The van der Waals surface area contributed by atoms with Crippen molar-refractivity contribution in [1.29, 1.82) is 0 Å². The molecule has 4 rings (SSSR count). The number of fused-ring (bicyclic) bond motifs is 1. The number of nitrogens with one attached hydrogen (secondary N) is 1. The third-order valence-electron chi connectivity index (χ3n) is 4.64. The molecule has 1 N–H and O–H groups in total. The highest BCUT2D eigenvalue weighted by molar-refractivity contribution is 8.00. The summed E-state index contributed by atoms with van der Waals surface area (Å²) in [5, 5.41) is 4.54. The molecule has 1 heterocycles. The van der Waals surface area contributed by atoms with Crippen molar-refractivity contribution < 1.29 is 9.18 Å². The Morgan fingerprint density at radius 2 is 1.77 bits per heavy atom. The molecule has 1 amide bonds. The second kappa shape index (κ2) is 8.63. The van der Waals surface area contributed by atoms with Gasteiger partial charge in [0.1, 0.15) is 10.8 Å². The van der Waals surface area contributed by atoms with Gasteiger partial charge in [-0.05, 0) is 61.4 Å². The number of nitrogens with zero attached hydrogens (tertiary/aromatic N) is 2. The first-order valence-electron chi connectivity index (χ1n) is 9.52. The Kier molecular flexibility index (Phi) is 5.77. The van der Waals surface area contributed by atoms with Crippen molar-refractivity contribution in [3.05, 3.63) is 83.7 Å². The second-order valence-corrected chi connectivity index (χ2v) is 8.00. The molecule has 30 heavy (non-hydrogen) atoms. The number of carbonyl (C=O) groups excluding carboxylic acids is 1. The topological polar surface area (TPSA) is 54.9 Å². The van der Waals surface area contributed by atoms with Crippen LogP contribution in [0.3, 0.4) is 0 Å². The molecule has 0 radical (unpaired) electrons. The molecule has 0 unspecified atom stereocenters. The van der Waals surface area contributed by atoms with Crippen LogP contribution in [-0.2, 0) is 4.79 Å². The van der Waals surface area contributed by atoms with Crippen molar-refractivity contribution in [3.8, 4) is 11.4 Å². The van der Waals surface area contributed by atoms with Gasteiger partial charge in [0.05, 0.1) is 11.3 Å². The van der Waals surface area contributed by atoms with Crippen LogP contribution >= 0.6 is 11.8 Å². The standard InChI is InChI=1S/C24H20FN3OS/c1-15-5-3-7-19(13-15)26-21(29)14-30-24-20-8-4-6-16(2)22(20)27-23(28-24)17-9-11-18(25)12-10-17/h3-13H,14H2,1-2H3,(H,26,29). The Bertz CT molecular complexity index is 1230. The average molecular weight is 418 g/mol. The summed E-state index contributed by atoms with van der Waals surface area (Å²) in [6.07, 6.45) is 0. The molecule has 1 aromatic heterocycles. The van der Waals surface area contributed by atoms with E-state index in [9.17, 15) is 9.18 Å². The number of aryl methyl sites for hydroxylation is 2. The molecular weight excluding hydrogens is 397 g/mol. The van der Waals surface area contributed by atoms with Crippen molar-refractivity contribution in [1.82, 2.24) is 9.97 Å². The third kappa shape index (κ3) is 4.49. The van der Waals surface area contributed by atoms with Gasteiger partial charge in [0, 0.05) is 16.6 Å². The summed E-state index contributed by atoms with van der Waals surface area (Å²) in [5.74, 6) is 0.321. The van der Waals surface area contributed by atoms with E-state index < -0.39 is 0 Å². The van der Waals surface area contributed by atoms with Gasteiger partial charge in [0.25, 0.3) is 0 Å². The largest absolute Gasteiger partial charge is 0.325 e. The molecule has 0 atom stereocenters. The maximum Gasteiger partial charge on any atom is 0.234 e. The molecule has 4 aromatic rings. The van der Waals surface area contributed by atoms with Gasteiger partial charge in [-0.1, -0.05) is 42.1 Å². The molecule has 0 aliphatic heterocycles. The predicted molar refractivity (Wildman–Crippen MR) is 120 cm³/mol. The summed E-state index contributed by atoms with van der Waals surface area (Å²) >= 11 is 1.36. The number of benzene rings is 3. The first-order chi connectivity index (χ1) is 14.5. The minimum absolute atomic E-state index is 0.103. The zero-order chi connectivity index (χ0) is 21.1. The van der Waals surface area contributed by atoms with Crippen LogP contribution in [0.15, 0.2) is 71.8 Å². The van der Waals surface area contributed by atoms with Gasteiger partial charge in [0.15, 0.2) is 5.82 Å². The first-order valence-corrected chi connectivity index (χ1v) is 10.5. The van der Waals surface area contributed by atoms with Crippen LogP contribution in [0.2, 0.25) is 0 Å². The molecular formula is C24H20FN3OS. The second-order valence-electron chi connectivity index (χ2n) is 7.04. The number of rotatable bonds is 5. The quantitative estimate of drug-likeness (QED) is 0.330. The van der Waals surface area contributed by atoms with Crippen LogP contribution in [0.25, 0.3) is 22.3 Å². The van der Waals surface area contributed by atoms with Crippen molar-refractivity contribution >= 4 is 34.3 Å². The van der Waals surface area contributed by atoms with Gasteiger partial charge < -0.3 is 5.32 Å². The van der Waals surface area contributed by atoms with E-state index in [4.69, 9.17) is 4.98 Å². The molecule has 0 fully saturated rings. The van der Waals surface area contributed by atoms with Crippen molar-refractivity contribution in [2.45, 2.75) is 18.9 Å². The van der Waals surface area contributed by atoms with Crippen molar-refractivity contribution in [2.24, 2.45) is 0 Å². The van der Waals surface area contributed by atoms with Crippen molar-refractivity contribution in [2.75, 3.05) is 11.1 Å². The fraction of sp³-hybridized carbons (Fsp3) is 0.125. The third-order valence-corrected chi connectivity index (χ3v) is 5.63. The van der Waals surface area contributed by atoms with Gasteiger partial charge in [-0.15, -0.1) is 0 Å². The molecule has 0 aliphatic rings. The van der Waals surface area contributed by atoms with E-state index in [0.29, 0.717) is 5.82 Å². The lowest BCUT2D eigenvalue weighted by Gasteiger charge is -2.11. The number of hydrogen-bond donors (Lipinski definition) is 1. The van der Waals surface area contributed by atoms with E-state index in [1.54, 1.807) is 12.1 Å². The van der Waals surface area contributed by atoms with E-state index in [1.807, 2.05) is 56.3 Å². The number of hydrogen-bond acceptors (Lipinski definition) is 4. The Labute approximate surface area is 178 Å². The maximum atomic E-state index is 13.3. The lowest BCUT2D eigenvalue weighted by atomic mass is 10.1. The number of para-hydroxylation sites is 1. The number of aromatic nitrogens is 2. The number of carbonyl (C=O) groups is 1. The van der Waals surface area contributed by atoms with Gasteiger partial charge in [-0.3, -0.25) is 4.79 Å². The lowest BCUT2D eigenvalue weighted by molar-refractivity contribution is -0.113. The zero-order valence-electron chi connectivity index (χ0n) is 16.6. The fourth-order valence-electron chi connectivity index (χ4n) is 3.16. The molecule has 0 saturated carbocycles. The average Bonchev–Trinajstić information content (AvgIpc) is 2.73. The van der Waals surface area contributed by atoms with E-state index in [-0.39, 0.29) is 17.5 Å². The number of anilines is 1. The lowest BCUT2D eigenvalue weighted by Crippen LogP contribution is -2.14. The minimum atomic E-state index is -0.307. The Balaban J connectivity index is 1.63. The first kappa shape index (κ1) is 20.0. The monoisotopic (exact) mass is 417 g/mol. The molecule has 0 bridgehead atoms. The Morgan fingerprint density at radius 1 is 1.00 bits per heavy atom. The predicted octanol–water partition coefficient (Wildman–Crippen LogP) is 5.78. The fourth-order valence-corrected chi connectivity index (χ4v) is 3.97. The minimum Gasteiger partial charge on any atom is -0.325 e. The number of halogens is 1. The van der Waals surface area contributed by atoms with Gasteiger partial charge in [-0.2, -0.15) is 0 Å². The van der Waals surface area contributed by atoms with Crippen LogP contribution in [0, 0.1) is 19.7 Å². The summed E-state index contributed by atoms with van der Waals surface area (Å²) in [5.41, 5.74) is 4.43. The summed E-state index contributed by atoms with van der Waals surface area (Å²) in [6.45, 7) is 3.97. The molecule has 6 heteroatoms. The van der Waals surface area contributed by atoms with Crippen LogP contribution < -0.4 is 5.32 Å². The number of amides is 1. The van der Waals surface area contributed by atoms with E-state index in [1.165, 1.54) is 23.9 Å². The van der Waals surface area contributed by atoms with E-state index >= 15 is 0 Å². The maximum absolute atomic E-state index is 13.3. The zero-order valence-corrected chi connectivity index (χ0v) is 17.5. The normalized spacial score (nSPS) is 10.9.